The lowest BCUT2D eigenvalue weighted by molar-refractivity contribution is 0.308. The van der Waals surface area contributed by atoms with Crippen molar-refractivity contribution in [1.29, 1.82) is 0 Å². The maximum atomic E-state index is 12.3. The van der Waals surface area contributed by atoms with E-state index in [0.717, 1.165) is 19.5 Å². The summed E-state index contributed by atoms with van der Waals surface area (Å²) in [7, 11) is -1.83. The van der Waals surface area contributed by atoms with Crippen molar-refractivity contribution < 1.29 is 13.2 Å². The molecule has 0 amide bonds. The summed E-state index contributed by atoms with van der Waals surface area (Å²) >= 11 is 0. The van der Waals surface area contributed by atoms with Gasteiger partial charge in [-0.2, -0.15) is 4.31 Å². The van der Waals surface area contributed by atoms with Crippen LogP contribution in [0.25, 0.3) is 0 Å². The fraction of sp³-hybridized carbons (Fsp3) is 0.600. The Balaban J connectivity index is 2.62. The molecule has 21 heavy (non-hydrogen) atoms. The largest absolute Gasteiger partial charge is 0.494 e. The molecule has 0 atom stereocenters. The van der Waals surface area contributed by atoms with Gasteiger partial charge in [0.1, 0.15) is 5.75 Å². The Bertz CT molecular complexity index is 512. The van der Waals surface area contributed by atoms with Gasteiger partial charge in [0.25, 0.3) is 0 Å². The van der Waals surface area contributed by atoms with Crippen LogP contribution in [0.5, 0.6) is 5.75 Å². The van der Waals surface area contributed by atoms with Crippen LogP contribution in [0.15, 0.2) is 29.2 Å². The molecule has 0 aliphatic rings. The summed E-state index contributed by atoms with van der Waals surface area (Å²) in [5, 5.41) is 3.22. The highest BCUT2D eigenvalue weighted by Crippen LogP contribution is 2.20. The van der Waals surface area contributed by atoms with Crippen molar-refractivity contribution in [3.05, 3.63) is 24.3 Å². The van der Waals surface area contributed by atoms with Crippen LogP contribution in [0.4, 0.5) is 0 Å². The van der Waals surface area contributed by atoms with Gasteiger partial charge in [-0.25, -0.2) is 8.42 Å². The first-order chi connectivity index (χ1) is 9.89. The molecular weight excluding hydrogens is 288 g/mol. The Hall–Kier alpha value is -1.11. The Kier molecular flexibility index (Phi) is 7.14. The van der Waals surface area contributed by atoms with E-state index in [9.17, 15) is 8.42 Å². The van der Waals surface area contributed by atoms with Gasteiger partial charge < -0.3 is 10.1 Å². The average molecular weight is 314 g/mol. The number of hydrogen-bond acceptors (Lipinski definition) is 4. The molecule has 0 unspecified atom stereocenters. The monoisotopic (exact) mass is 314 g/mol. The summed E-state index contributed by atoms with van der Waals surface area (Å²) in [5.74, 6) is 0.692. The maximum absolute atomic E-state index is 12.3. The summed E-state index contributed by atoms with van der Waals surface area (Å²) in [6.45, 7) is 8.25. The molecule has 0 aliphatic carbocycles. The fourth-order valence-corrected chi connectivity index (χ4v) is 3.08. The molecule has 0 saturated heterocycles. The number of nitrogens with zero attached hydrogens (tertiary/aromatic N) is 1. The highest BCUT2D eigenvalue weighted by atomic mass is 32.2. The molecule has 0 spiro atoms. The van der Waals surface area contributed by atoms with Crippen LogP contribution in [-0.2, 0) is 10.0 Å². The smallest absolute Gasteiger partial charge is 0.243 e. The number of ether oxygens (including phenoxy) is 1. The van der Waals surface area contributed by atoms with E-state index < -0.39 is 10.0 Å². The highest BCUT2D eigenvalue weighted by Gasteiger charge is 2.22. The molecule has 0 radical (unpaired) electrons. The molecule has 1 rings (SSSR count). The molecular formula is C15H26N2O3S. The minimum absolute atomic E-state index is 0.0722. The quantitative estimate of drug-likeness (QED) is 0.709. The molecule has 120 valence electrons. The molecule has 0 bridgehead atoms. The number of rotatable bonds is 9. The van der Waals surface area contributed by atoms with E-state index in [2.05, 4.69) is 12.2 Å². The zero-order chi connectivity index (χ0) is 15.9. The Morgan fingerprint density at radius 3 is 2.38 bits per heavy atom. The molecule has 6 heteroatoms. The standard InChI is InChI=1S/C15H26N2O3S/c1-5-16-11-6-12-20-14-7-9-15(10-8-14)21(18,19)17(4)13(2)3/h7-10,13,16H,5-6,11-12H2,1-4H3. The first-order valence-electron chi connectivity index (χ1n) is 7.31. The Labute approximate surface area is 128 Å². The van der Waals surface area contributed by atoms with E-state index in [-0.39, 0.29) is 6.04 Å². The Morgan fingerprint density at radius 1 is 1.24 bits per heavy atom. The van der Waals surface area contributed by atoms with Gasteiger partial charge in [0.15, 0.2) is 0 Å². The van der Waals surface area contributed by atoms with Crippen molar-refractivity contribution in [2.24, 2.45) is 0 Å². The van der Waals surface area contributed by atoms with E-state index >= 15 is 0 Å². The van der Waals surface area contributed by atoms with E-state index in [0.29, 0.717) is 17.3 Å². The predicted octanol–water partition coefficient (Wildman–Crippen LogP) is 2.09. The molecule has 0 heterocycles. The lowest BCUT2D eigenvalue weighted by Gasteiger charge is -2.21. The predicted molar refractivity (Wildman–Crippen MR) is 85.2 cm³/mol. The van der Waals surface area contributed by atoms with E-state index in [1.807, 2.05) is 13.8 Å². The second-order valence-electron chi connectivity index (χ2n) is 5.14. The van der Waals surface area contributed by atoms with Gasteiger partial charge in [-0.15, -0.1) is 0 Å². The molecule has 0 aromatic heterocycles. The first kappa shape index (κ1) is 17.9. The van der Waals surface area contributed by atoms with Gasteiger partial charge >= 0.3 is 0 Å². The normalized spacial score (nSPS) is 12.1. The number of sulfonamides is 1. The Morgan fingerprint density at radius 2 is 1.86 bits per heavy atom. The SMILES string of the molecule is CCNCCCOc1ccc(S(=O)(=O)N(C)C(C)C)cc1. The summed E-state index contributed by atoms with van der Waals surface area (Å²) in [6.07, 6.45) is 0.921. The van der Waals surface area contributed by atoms with Crippen LogP contribution in [0, 0.1) is 0 Å². The maximum Gasteiger partial charge on any atom is 0.243 e. The third-order valence-corrected chi connectivity index (χ3v) is 5.29. The van der Waals surface area contributed by atoms with Crippen molar-refractivity contribution in [2.45, 2.75) is 38.1 Å². The van der Waals surface area contributed by atoms with Crippen LogP contribution >= 0.6 is 0 Å². The molecule has 1 N–H and O–H groups in total. The molecule has 0 saturated carbocycles. The third-order valence-electron chi connectivity index (χ3n) is 3.24. The number of hydrogen-bond donors (Lipinski definition) is 1. The lowest BCUT2D eigenvalue weighted by atomic mass is 10.3. The van der Waals surface area contributed by atoms with E-state index in [4.69, 9.17) is 4.74 Å². The summed E-state index contributed by atoms with van der Waals surface area (Å²) < 4.78 is 31.5. The van der Waals surface area contributed by atoms with E-state index in [1.165, 1.54) is 4.31 Å². The summed E-state index contributed by atoms with van der Waals surface area (Å²) in [4.78, 5) is 0.290. The van der Waals surface area contributed by atoms with Gasteiger partial charge in [0, 0.05) is 13.1 Å². The minimum atomic E-state index is -3.42. The number of nitrogens with one attached hydrogen (secondary N) is 1. The van der Waals surface area contributed by atoms with Crippen LogP contribution in [-0.4, -0.2) is 45.5 Å². The average Bonchev–Trinajstić information content (AvgIpc) is 2.46. The fourth-order valence-electron chi connectivity index (χ4n) is 1.72. The molecule has 0 fully saturated rings. The van der Waals surface area contributed by atoms with Gasteiger partial charge in [-0.1, -0.05) is 6.92 Å². The van der Waals surface area contributed by atoms with Crippen molar-refractivity contribution in [2.75, 3.05) is 26.7 Å². The van der Waals surface area contributed by atoms with Crippen LogP contribution < -0.4 is 10.1 Å². The number of benzene rings is 1. The zero-order valence-electron chi connectivity index (χ0n) is 13.3. The highest BCUT2D eigenvalue weighted by molar-refractivity contribution is 7.89. The topological polar surface area (TPSA) is 58.6 Å². The zero-order valence-corrected chi connectivity index (χ0v) is 14.1. The van der Waals surface area contributed by atoms with E-state index in [1.54, 1.807) is 31.3 Å². The first-order valence-corrected chi connectivity index (χ1v) is 8.75. The molecule has 0 aliphatic heterocycles. The van der Waals surface area contributed by atoms with Crippen LogP contribution in [0.1, 0.15) is 27.2 Å². The third kappa shape index (κ3) is 5.30. The van der Waals surface area contributed by atoms with Gasteiger partial charge in [-0.05, 0) is 57.6 Å². The van der Waals surface area contributed by atoms with Crippen LogP contribution in [0.3, 0.4) is 0 Å². The summed E-state index contributed by atoms with van der Waals surface area (Å²) in [5.41, 5.74) is 0. The van der Waals surface area contributed by atoms with Crippen molar-refractivity contribution >= 4 is 10.0 Å². The van der Waals surface area contributed by atoms with Crippen molar-refractivity contribution in [3.8, 4) is 5.75 Å². The van der Waals surface area contributed by atoms with Gasteiger partial charge in [0.05, 0.1) is 11.5 Å². The van der Waals surface area contributed by atoms with Crippen molar-refractivity contribution in [1.82, 2.24) is 9.62 Å². The minimum Gasteiger partial charge on any atom is -0.494 e. The summed E-state index contributed by atoms with van der Waals surface area (Å²) in [6, 6.07) is 6.52. The van der Waals surface area contributed by atoms with Gasteiger partial charge in [-0.3, -0.25) is 0 Å². The second-order valence-corrected chi connectivity index (χ2v) is 7.14. The van der Waals surface area contributed by atoms with Gasteiger partial charge in [0.2, 0.25) is 10.0 Å². The second kappa shape index (κ2) is 8.36. The molecule has 1 aromatic rings. The lowest BCUT2D eigenvalue weighted by Crippen LogP contribution is -2.32. The van der Waals surface area contributed by atoms with Crippen molar-refractivity contribution in [3.63, 3.8) is 0 Å². The van der Waals surface area contributed by atoms with Crippen LogP contribution in [0.2, 0.25) is 0 Å². The molecule has 5 nitrogen and oxygen atoms in total. The molecule has 1 aromatic carbocycles.